The highest BCUT2D eigenvalue weighted by molar-refractivity contribution is 7.89. The number of sulfonamides is 1. The highest BCUT2D eigenvalue weighted by atomic mass is 32.2. The minimum absolute atomic E-state index is 0.0770. The summed E-state index contributed by atoms with van der Waals surface area (Å²) in [5.41, 5.74) is 1.34. The van der Waals surface area contributed by atoms with Crippen molar-refractivity contribution in [2.24, 2.45) is 0 Å². The second-order valence-corrected chi connectivity index (χ2v) is 7.68. The monoisotopic (exact) mass is 376 g/mol. The van der Waals surface area contributed by atoms with Crippen LogP contribution in [0.5, 0.6) is 11.5 Å². The Morgan fingerprint density at radius 2 is 2.00 bits per heavy atom. The fourth-order valence-corrected chi connectivity index (χ4v) is 3.84. The van der Waals surface area contributed by atoms with Crippen molar-refractivity contribution in [3.05, 3.63) is 48.0 Å². The Kier molecular flexibility index (Phi) is 5.15. The van der Waals surface area contributed by atoms with Crippen LogP contribution in [0.1, 0.15) is 12.0 Å². The Balaban J connectivity index is 1.62. The lowest BCUT2D eigenvalue weighted by Gasteiger charge is -2.25. The van der Waals surface area contributed by atoms with Crippen molar-refractivity contribution >= 4 is 21.6 Å². The van der Waals surface area contributed by atoms with Crippen LogP contribution in [-0.2, 0) is 14.8 Å². The third kappa shape index (κ3) is 3.81. The van der Waals surface area contributed by atoms with E-state index in [2.05, 4.69) is 10.0 Å². The maximum atomic E-state index is 12.4. The van der Waals surface area contributed by atoms with Gasteiger partial charge in [-0.25, -0.2) is 13.1 Å². The smallest absolute Gasteiger partial charge is 0.265 e. The van der Waals surface area contributed by atoms with Crippen LogP contribution < -0.4 is 19.5 Å². The largest absolute Gasteiger partial charge is 0.496 e. The molecule has 0 fully saturated rings. The number of anilines is 1. The minimum Gasteiger partial charge on any atom is -0.496 e. The van der Waals surface area contributed by atoms with Gasteiger partial charge in [0, 0.05) is 13.0 Å². The van der Waals surface area contributed by atoms with Crippen molar-refractivity contribution in [3.8, 4) is 11.5 Å². The van der Waals surface area contributed by atoms with Crippen molar-refractivity contribution < 1.29 is 22.7 Å². The maximum Gasteiger partial charge on any atom is 0.265 e. The second-order valence-electron chi connectivity index (χ2n) is 5.91. The number of carbonyl (C=O) groups is 1. The molecule has 0 saturated heterocycles. The van der Waals surface area contributed by atoms with Gasteiger partial charge in [0.2, 0.25) is 10.0 Å². The number of para-hydroxylation sites is 2. The number of benzene rings is 2. The van der Waals surface area contributed by atoms with E-state index >= 15 is 0 Å². The number of nitrogens with one attached hydrogen (secondary N) is 2. The van der Waals surface area contributed by atoms with Gasteiger partial charge in [-0.1, -0.05) is 12.1 Å². The molecular formula is C18H20N2O5S. The van der Waals surface area contributed by atoms with E-state index < -0.39 is 16.1 Å². The van der Waals surface area contributed by atoms with E-state index in [0.29, 0.717) is 17.2 Å². The molecule has 7 nitrogen and oxygen atoms in total. The summed E-state index contributed by atoms with van der Waals surface area (Å²) < 4.78 is 38.1. The number of rotatable bonds is 6. The van der Waals surface area contributed by atoms with Gasteiger partial charge in [0.25, 0.3) is 5.91 Å². The SMILES string of the molecule is COc1ccc(S(=O)(=O)NCCC2Oc3ccccc3NC2=O)cc1C. The first kappa shape index (κ1) is 18.2. The normalized spacial score (nSPS) is 16.4. The van der Waals surface area contributed by atoms with Gasteiger partial charge in [0.15, 0.2) is 6.10 Å². The van der Waals surface area contributed by atoms with E-state index in [-0.39, 0.29) is 23.8 Å². The lowest BCUT2D eigenvalue weighted by Crippen LogP contribution is -2.39. The molecule has 1 aliphatic rings. The molecule has 1 aliphatic heterocycles. The lowest BCUT2D eigenvalue weighted by molar-refractivity contribution is -0.123. The molecule has 1 heterocycles. The average Bonchev–Trinajstić information content (AvgIpc) is 2.62. The zero-order valence-electron chi connectivity index (χ0n) is 14.5. The topological polar surface area (TPSA) is 93.7 Å². The summed E-state index contributed by atoms with van der Waals surface area (Å²) in [6.45, 7) is 1.85. The zero-order valence-corrected chi connectivity index (χ0v) is 15.3. The molecule has 1 atom stereocenters. The number of amides is 1. The molecule has 2 N–H and O–H groups in total. The average molecular weight is 376 g/mol. The molecule has 0 bridgehead atoms. The van der Waals surface area contributed by atoms with Gasteiger partial charge in [-0.05, 0) is 42.8 Å². The summed E-state index contributed by atoms with van der Waals surface area (Å²) in [4.78, 5) is 12.2. The first-order valence-electron chi connectivity index (χ1n) is 8.11. The number of hydrogen-bond donors (Lipinski definition) is 2. The van der Waals surface area contributed by atoms with E-state index in [4.69, 9.17) is 9.47 Å². The summed E-state index contributed by atoms with van der Waals surface area (Å²) in [5, 5.41) is 2.75. The third-order valence-electron chi connectivity index (χ3n) is 4.08. The van der Waals surface area contributed by atoms with Crippen molar-refractivity contribution in [2.75, 3.05) is 19.0 Å². The molecule has 0 spiro atoms. The van der Waals surface area contributed by atoms with E-state index in [1.807, 2.05) is 6.07 Å². The molecule has 3 rings (SSSR count). The molecule has 26 heavy (non-hydrogen) atoms. The zero-order chi connectivity index (χ0) is 18.7. The van der Waals surface area contributed by atoms with Crippen LogP contribution in [0.25, 0.3) is 0 Å². The van der Waals surface area contributed by atoms with Gasteiger partial charge < -0.3 is 14.8 Å². The minimum atomic E-state index is -3.68. The molecule has 1 amide bonds. The third-order valence-corrected chi connectivity index (χ3v) is 5.54. The molecule has 0 aromatic heterocycles. The van der Waals surface area contributed by atoms with Gasteiger partial charge in [-0.3, -0.25) is 4.79 Å². The highest BCUT2D eigenvalue weighted by Gasteiger charge is 2.27. The van der Waals surface area contributed by atoms with E-state index in [1.54, 1.807) is 37.3 Å². The molecule has 2 aromatic rings. The van der Waals surface area contributed by atoms with Crippen molar-refractivity contribution in [1.29, 1.82) is 0 Å². The quantitative estimate of drug-likeness (QED) is 0.805. The lowest BCUT2D eigenvalue weighted by atomic mass is 10.2. The van der Waals surface area contributed by atoms with Crippen LogP contribution in [0.3, 0.4) is 0 Å². The van der Waals surface area contributed by atoms with E-state index in [0.717, 1.165) is 5.56 Å². The van der Waals surface area contributed by atoms with E-state index in [9.17, 15) is 13.2 Å². The molecule has 0 radical (unpaired) electrons. The van der Waals surface area contributed by atoms with Crippen molar-refractivity contribution in [2.45, 2.75) is 24.3 Å². The molecule has 1 unspecified atom stereocenters. The van der Waals surface area contributed by atoms with Crippen LogP contribution in [0, 0.1) is 6.92 Å². The molecule has 138 valence electrons. The summed E-state index contributed by atoms with van der Waals surface area (Å²) >= 11 is 0. The fraction of sp³-hybridized carbons (Fsp3) is 0.278. The predicted molar refractivity (Wildman–Crippen MR) is 97.0 cm³/mol. The molecule has 2 aromatic carbocycles. The molecule has 8 heteroatoms. The van der Waals surface area contributed by atoms with Crippen LogP contribution in [0.2, 0.25) is 0 Å². The summed E-state index contributed by atoms with van der Waals surface area (Å²) in [5.74, 6) is 0.906. The number of methoxy groups -OCH3 is 1. The molecule has 0 aliphatic carbocycles. The van der Waals surface area contributed by atoms with Gasteiger partial charge in [0.1, 0.15) is 11.5 Å². The Bertz CT molecular complexity index is 927. The number of carbonyl (C=O) groups excluding carboxylic acids is 1. The van der Waals surface area contributed by atoms with E-state index in [1.165, 1.54) is 13.2 Å². The fourth-order valence-electron chi connectivity index (χ4n) is 2.71. The Morgan fingerprint density at radius 3 is 2.73 bits per heavy atom. The van der Waals surface area contributed by atoms with Gasteiger partial charge in [-0.15, -0.1) is 0 Å². The van der Waals surface area contributed by atoms with Crippen molar-refractivity contribution in [1.82, 2.24) is 4.72 Å². The molecule has 0 saturated carbocycles. The van der Waals surface area contributed by atoms with Crippen LogP contribution >= 0.6 is 0 Å². The Morgan fingerprint density at radius 1 is 1.23 bits per heavy atom. The standard InChI is InChI=1S/C18H20N2O5S/c1-12-11-13(7-8-15(12)24-2)26(22,23)19-10-9-17-18(21)20-14-5-3-4-6-16(14)25-17/h3-8,11,17,19H,9-10H2,1-2H3,(H,20,21). The number of ether oxygens (including phenoxy) is 2. The van der Waals surface area contributed by atoms with Gasteiger partial charge in [0.05, 0.1) is 17.7 Å². The van der Waals surface area contributed by atoms with Crippen molar-refractivity contribution in [3.63, 3.8) is 0 Å². The summed E-state index contributed by atoms with van der Waals surface area (Å²) in [7, 11) is -2.15. The Labute approximate surface area is 152 Å². The summed E-state index contributed by atoms with van der Waals surface area (Å²) in [6.07, 6.45) is -0.528. The van der Waals surface area contributed by atoms with Gasteiger partial charge >= 0.3 is 0 Å². The summed E-state index contributed by atoms with van der Waals surface area (Å²) in [6, 6.07) is 11.7. The van der Waals surface area contributed by atoms with Gasteiger partial charge in [-0.2, -0.15) is 0 Å². The Hall–Kier alpha value is -2.58. The number of fused-ring (bicyclic) bond motifs is 1. The second kappa shape index (κ2) is 7.35. The maximum absolute atomic E-state index is 12.4. The predicted octanol–water partition coefficient (Wildman–Crippen LogP) is 2.07. The highest BCUT2D eigenvalue weighted by Crippen LogP contribution is 2.29. The molecular weight excluding hydrogens is 356 g/mol. The number of hydrogen-bond acceptors (Lipinski definition) is 5. The van der Waals surface area contributed by atoms with Crippen LogP contribution in [0.15, 0.2) is 47.4 Å². The first-order chi connectivity index (χ1) is 12.4. The van der Waals surface area contributed by atoms with Crippen LogP contribution in [-0.4, -0.2) is 34.1 Å². The first-order valence-corrected chi connectivity index (χ1v) is 9.60. The number of aryl methyl sites for hydroxylation is 1. The van der Waals surface area contributed by atoms with Crippen LogP contribution in [0.4, 0.5) is 5.69 Å².